The van der Waals surface area contributed by atoms with Gasteiger partial charge in [-0.05, 0) is 12.8 Å². The molecule has 1 nitrogen and oxygen atoms in total. The van der Waals surface area contributed by atoms with Crippen LogP contribution in [-0.2, 0) is 5.11 Å². The fourth-order valence-corrected chi connectivity index (χ4v) is 1.35. The minimum Gasteiger partial charge on any atom is -0.225 e. The molecule has 1 rings (SSSR count). The Morgan fingerprint density at radius 3 is 2.11 bits per heavy atom. The molecule has 1 fully saturated rings. The Bertz CT molecular complexity index is 101. The first kappa shape index (κ1) is 6.81. The van der Waals surface area contributed by atoms with Crippen LogP contribution in [0, 0.1) is 0 Å². The molecule has 0 aliphatic heterocycles. The Kier molecular flexibility index (Phi) is 1.91. The first-order chi connectivity index (χ1) is 4.27. The van der Waals surface area contributed by atoms with Crippen LogP contribution in [0.4, 0.5) is 0 Å². The number of hydrogen-bond acceptors (Lipinski definition) is 0. The van der Waals surface area contributed by atoms with Gasteiger partial charge in [-0.25, -0.2) is 5.11 Å². The van der Waals surface area contributed by atoms with Crippen molar-refractivity contribution in [2.24, 2.45) is 0 Å². The minimum absolute atomic E-state index is 0.766. The van der Waals surface area contributed by atoms with Gasteiger partial charge in [0.1, 0.15) is 5.60 Å². The molecule has 0 aromatic carbocycles. The van der Waals surface area contributed by atoms with E-state index in [2.05, 4.69) is 6.58 Å². The van der Waals surface area contributed by atoms with Gasteiger partial charge in [0.05, 0.1) is 0 Å². The van der Waals surface area contributed by atoms with Gasteiger partial charge in [0, 0.05) is 0 Å². The zero-order valence-corrected chi connectivity index (χ0v) is 5.73. The normalized spacial score (nSPS) is 25.4. The smallest absolute Gasteiger partial charge is 0.121 e. The zero-order valence-electron chi connectivity index (χ0n) is 5.73. The monoisotopic (exact) mass is 125 g/mol. The molecule has 0 unspecified atom stereocenters. The predicted octanol–water partition coefficient (Wildman–Crippen LogP) is 2.31. The van der Waals surface area contributed by atoms with Gasteiger partial charge < -0.3 is 0 Å². The summed E-state index contributed by atoms with van der Waals surface area (Å²) in [7, 11) is 0. The zero-order chi connectivity index (χ0) is 6.74. The molecular formula is C8H13O. The molecule has 0 bridgehead atoms. The summed E-state index contributed by atoms with van der Waals surface area (Å²) in [5.41, 5.74) is -0.766. The van der Waals surface area contributed by atoms with Crippen LogP contribution in [-0.4, -0.2) is 5.60 Å². The summed E-state index contributed by atoms with van der Waals surface area (Å²) in [5, 5.41) is 11.4. The molecule has 1 aliphatic rings. The molecule has 9 heavy (non-hydrogen) atoms. The molecule has 1 radical (unpaired) electrons. The largest absolute Gasteiger partial charge is 0.225 e. The first-order valence-electron chi connectivity index (χ1n) is 3.61. The van der Waals surface area contributed by atoms with E-state index >= 15 is 0 Å². The summed E-state index contributed by atoms with van der Waals surface area (Å²) in [5.74, 6) is 0. The van der Waals surface area contributed by atoms with E-state index in [0.717, 1.165) is 25.7 Å². The van der Waals surface area contributed by atoms with Crippen LogP contribution in [0.3, 0.4) is 0 Å². The van der Waals surface area contributed by atoms with E-state index in [-0.39, 0.29) is 0 Å². The van der Waals surface area contributed by atoms with Gasteiger partial charge in [-0.1, -0.05) is 25.3 Å². The Morgan fingerprint density at radius 1 is 1.22 bits per heavy atom. The molecular weight excluding hydrogens is 112 g/mol. The lowest BCUT2D eigenvalue weighted by atomic mass is 9.85. The van der Waals surface area contributed by atoms with Crippen molar-refractivity contribution in [2.75, 3.05) is 0 Å². The van der Waals surface area contributed by atoms with Crippen molar-refractivity contribution in [3.63, 3.8) is 0 Å². The van der Waals surface area contributed by atoms with Gasteiger partial charge in [-0.2, -0.15) is 0 Å². The average molecular weight is 125 g/mol. The lowest BCUT2D eigenvalue weighted by molar-refractivity contribution is -0.0157. The lowest BCUT2D eigenvalue weighted by Crippen LogP contribution is -2.26. The van der Waals surface area contributed by atoms with E-state index in [4.69, 9.17) is 0 Å². The molecule has 0 spiro atoms. The standard InChI is InChI=1S/C8H13O/c1-2-8(9)6-4-3-5-7-8/h2H,1,3-7H2. The second-order valence-electron chi connectivity index (χ2n) is 2.83. The highest BCUT2D eigenvalue weighted by molar-refractivity contribution is 4.96. The van der Waals surface area contributed by atoms with Crippen molar-refractivity contribution in [1.82, 2.24) is 0 Å². The Hall–Kier alpha value is -0.300. The molecule has 1 aliphatic carbocycles. The number of rotatable bonds is 1. The van der Waals surface area contributed by atoms with Crippen LogP contribution in [0.15, 0.2) is 12.7 Å². The molecule has 0 amide bonds. The molecule has 1 heteroatoms. The van der Waals surface area contributed by atoms with Crippen LogP contribution in [0.5, 0.6) is 0 Å². The van der Waals surface area contributed by atoms with Crippen LogP contribution < -0.4 is 0 Å². The van der Waals surface area contributed by atoms with Crippen LogP contribution in [0.1, 0.15) is 32.1 Å². The minimum atomic E-state index is -0.766. The van der Waals surface area contributed by atoms with Gasteiger partial charge in [-0.3, -0.25) is 0 Å². The van der Waals surface area contributed by atoms with Gasteiger partial charge >= 0.3 is 0 Å². The molecule has 0 aromatic heterocycles. The van der Waals surface area contributed by atoms with Crippen molar-refractivity contribution in [3.05, 3.63) is 12.7 Å². The molecule has 0 atom stereocenters. The molecule has 1 saturated carbocycles. The third kappa shape index (κ3) is 1.55. The summed E-state index contributed by atoms with van der Waals surface area (Å²) < 4.78 is 0. The maximum Gasteiger partial charge on any atom is 0.121 e. The van der Waals surface area contributed by atoms with Crippen LogP contribution >= 0.6 is 0 Å². The summed E-state index contributed by atoms with van der Waals surface area (Å²) in [4.78, 5) is 0. The van der Waals surface area contributed by atoms with Crippen molar-refractivity contribution < 1.29 is 5.11 Å². The van der Waals surface area contributed by atoms with E-state index in [1.807, 2.05) is 0 Å². The second-order valence-corrected chi connectivity index (χ2v) is 2.83. The van der Waals surface area contributed by atoms with E-state index in [0.29, 0.717) is 0 Å². The highest BCUT2D eigenvalue weighted by Gasteiger charge is 2.26. The summed E-state index contributed by atoms with van der Waals surface area (Å²) >= 11 is 0. The second kappa shape index (κ2) is 2.53. The quantitative estimate of drug-likeness (QED) is 0.479. The lowest BCUT2D eigenvalue weighted by Gasteiger charge is -2.25. The maximum absolute atomic E-state index is 11.4. The summed E-state index contributed by atoms with van der Waals surface area (Å²) in [6, 6.07) is 0. The molecule has 0 heterocycles. The maximum atomic E-state index is 11.4. The predicted molar refractivity (Wildman–Crippen MR) is 36.7 cm³/mol. The van der Waals surface area contributed by atoms with Crippen molar-refractivity contribution in [1.29, 1.82) is 0 Å². The molecule has 0 N–H and O–H groups in total. The van der Waals surface area contributed by atoms with E-state index in [1.165, 1.54) is 6.42 Å². The van der Waals surface area contributed by atoms with Crippen molar-refractivity contribution >= 4 is 0 Å². The number of hydrogen-bond donors (Lipinski definition) is 0. The molecule has 0 saturated heterocycles. The van der Waals surface area contributed by atoms with Gasteiger partial charge in [0.15, 0.2) is 0 Å². The van der Waals surface area contributed by atoms with Crippen molar-refractivity contribution in [2.45, 2.75) is 37.7 Å². The van der Waals surface area contributed by atoms with Gasteiger partial charge in [0.25, 0.3) is 0 Å². The van der Waals surface area contributed by atoms with E-state index < -0.39 is 5.60 Å². The van der Waals surface area contributed by atoms with E-state index in [1.54, 1.807) is 6.08 Å². The van der Waals surface area contributed by atoms with Crippen molar-refractivity contribution in [3.8, 4) is 0 Å². The van der Waals surface area contributed by atoms with Gasteiger partial charge in [0.2, 0.25) is 0 Å². The highest BCUT2D eigenvalue weighted by Crippen LogP contribution is 2.28. The Morgan fingerprint density at radius 2 is 1.78 bits per heavy atom. The molecule has 0 aromatic rings. The topological polar surface area (TPSA) is 19.9 Å². The fourth-order valence-electron chi connectivity index (χ4n) is 1.35. The van der Waals surface area contributed by atoms with Crippen LogP contribution in [0.2, 0.25) is 0 Å². The SMILES string of the molecule is C=CC1([O])CCCCC1. The van der Waals surface area contributed by atoms with Crippen LogP contribution in [0.25, 0.3) is 0 Å². The molecule has 51 valence electrons. The summed E-state index contributed by atoms with van der Waals surface area (Å²) in [6.07, 6.45) is 6.60. The first-order valence-corrected chi connectivity index (χ1v) is 3.61. The fraction of sp³-hybridized carbons (Fsp3) is 0.750. The van der Waals surface area contributed by atoms with Gasteiger partial charge in [-0.15, -0.1) is 6.58 Å². The Labute approximate surface area is 56.4 Å². The third-order valence-corrected chi connectivity index (χ3v) is 2.07. The third-order valence-electron chi connectivity index (χ3n) is 2.07. The van der Waals surface area contributed by atoms with E-state index in [9.17, 15) is 5.11 Å². The average Bonchev–Trinajstić information content (AvgIpc) is 1.90. The Balaban J connectivity index is 2.46. The highest BCUT2D eigenvalue weighted by atomic mass is 16.3. The summed E-state index contributed by atoms with van der Waals surface area (Å²) in [6.45, 7) is 3.54.